The van der Waals surface area contributed by atoms with E-state index < -0.39 is 0 Å². The molecule has 2 rings (SSSR count). The number of nitrogens with one attached hydrogen (secondary N) is 1. The Bertz CT molecular complexity index is 388. The molecule has 106 valence electrons. The molecule has 1 aliphatic heterocycles. The summed E-state index contributed by atoms with van der Waals surface area (Å²) >= 11 is 6.16. The van der Waals surface area contributed by atoms with Gasteiger partial charge in [0.25, 0.3) is 0 Å². The van der Waals surface area contributed by atoms with Crippen LogP contribution in [0.25, 0.3) is 0 Å². The molecule has 0 saturated carbocycles. The third-order valence-electron chi connectivity index (χ3n) is 3.94. The van der Waals surface area contributed by atoms with E-state index in [9.17, 15) is 0 Å². The summed E-state index contributed by atoms with van der Waals surface area (Å²) < 4.78 is 5.89. The minimum Gasteiger partial charge on any atom is -0.488 e. The van der Waals surface area contributed by atoms with Crippen molar-refractivity contribution in [1.82, 2.24) is 0 Å². The van der Waals surface area contributed by atoms with Crippen LogP contribution in [-0.4, -0.2) is 26.2 Å². The number of benzene rings is 1. The average Bonchev–Trinajstić information content (AvgIpc) is 2.64. The van der Waals surface area contributed by atoms with Crippen molar-refractivity contribution in [3.8, 4) is 5.75 Å². The van der Waals surface area contributed by atoms with Gasteiger partial charge in [0.1, 0.15) is 18.9 Å². The topological polar surface area (TPSA) is 13.7 Å². The van der Waals surface area contributed by atoms with Crippen molar-refractivity contribution in [3.63, 3.8) is 0 Å². The first-order valence-corrected chi connectivity index (χ1v) is 7.78. The quantitative estimate of drug-likeness (QED) is 0.897. The summed E-state index contributed by atoms with van der Waals surface area (Å²) in [7, 11) is 0. The maximum Gasteiger partial charge on any atom is 0.137 e. The summed E-state index contributed by atoms with van der Waals surface area (Å²) in [5, 5.41) is 0.852. The van der Waals surface area contributed by atoms with Gasteiger partial charge in [-0.1, -0.05) is 11.6 Å². The van der Waals surface area contributed by atoms with Gasteiger partial charge in [0, 0.05) is 5.02 Å². The largest absolute Gasteiger partial charge is 0.488 e. The van der Waals surface area contributed by atoms with Crippen molar-refractivity contribution in [2.24, 2.45) is 0 Å². The van der Waals surface area contributed by atoms with Gasteiger partial charge in [-0.2, -0.15) is 0 Å². The van der Waals surface area contributed by atoms with E-state index in [2.05, 4.69) is 0 Å². The van der Waals surface area contributed by atoms with Gasteiger partial charge in [-0.15, -0.1) is 0 Å². The van der Waals surface area contributed by atoms with Gasteiger partial charge in [0.05, 0.1) is 13.1 Å². The zero-order chi connectivity index (χ0) is 13.7. The monoisotopic (exact) mass is 282 g/mol. The smallest absolute Gasteiger partial charge is 0.137 e. The molecular weight excluding hydrogens is 258 g/mol. The molecule has 0 atom stereocenters. The second-order valence-corrected chi connectivity index (χ2v) is 6.01. The molecule has 0 aliphatic carbocycles. The molecule has 0 aromatic heterocycles. The Kier molecular flexibility index (Phi) is 5.53. The van der Waals surface area contributed by atoms with Gasteiger partial charge >= 0.3 is 0 Å². The van der Waals surface area contributed by atoms with Crippen LogP contribution in [0.3, 0.4) is 0 Å². The van der Waals surface area contributed by atoms with Gasteiger partial charge in [-0.05, 0) is 62.8 Å². The fraction of sp³-hybridized carbons (Fsp3) is 0.625. The minimum atomic E-state index is 0.801. The summed E-state index contributed by atoms with van der Waals surface area (Å²) in [5.74, 6) is 0.952. The van der Waals surface area contributed by atoms with Crippen LogP contribution in [0, 0.1) is 13.8 Å². The Labute approximate surface area is 121 Å². The summed E-state index contributed by atoms with van der Waals surface area (Å²) in [4.78, 5) is 1.69. The third kappa shape index (κ3) is 4.39. The highest BCUT2D eigenvalue weighted by Gasteiger charge is 2.12. The lowest BCUT2D eigenvalue weighted by atomic mass is 10.1. The van der Waals surface area contributed by atoms with Crippen LogP contribution in [-0.2, 0) is 0 Å². The van der Waals surface area contributed by atoms with E-state index in [-0.39, 0.29) is 0 Å². The van der Waals surface area contributed by atoms with Gasteiger partial charge < -0.3 is 9.64 Å². The second-order valence-electron chi connectivity index (χ2n) is 5.63. The number of rotatable bonds is 4. The molecule has 19 heavy (non-hydrogen) atoms. The molecular formula is C16H25ClNO+. The van der Waals surface area contributed by atoms with E-state index in [0.29, 0.717) is 0 Å². The van der Waals surface area contributed by atoms with Gasteiger partial charge in [-0.25, -0.2) is 0 Å². The maximum atomic E-state index is 6.16. The molecule has 0 radical (unpaired) electrons. The fourth-order valence-electron chi connectivity index (χ4n) is 2.78. The molecule has 1 fully saturated rings. The van der Waals surface area contributed by atoms with Gasteiger partial charge in [0.2, 0.25) is 0 Å². The molecule has 0 spiro atoms. The SMILES string of the molecule is Cc1cc(OCC[NH+]2CCCCCC2)cc(C)c1Cl. The van der Waals surface area contributed by atoms with Crippen LogP contribution in [0.4, 0.5) is 0 Å². The number of quaternary nitrogens is 1. The van der Waals surface area contributed by atoms with Gasteiger partial charge in [-0.3, -0.25) is 0 Å². The Morgan fingerprint density at radius 1 is 1.05 bits per heavy atom. The van der Waals surface area contributed by atoms with Crippen molar-refractivity contribution >= 4 is 11.6 Å². The summed E-state index contributed by atoms with van der Waals surface area (Å²) in [5.41, 5.74) is 2.19. The molecule has 2 nitrogen and oxygen atoms in total. The Morgan fingerprint density at radius 2 is 1.63 bits per heavy atom. The van der Waals surface area contributed by atoms with Crippen molar-refractivity contribution in [3.05, 3.63) is 28.3 Å². The molecule has 1 aromatic rings. The number of ether oxygens (including phenoxy) is 1. The minimum absolute atomic E-state index is 0.801. The number of halogens is 1. The highest BCUT2D eigenvalue weighted by molar-refractivity contribution is 6.32. The van der Waals surface area contributed by atoms with Crippen LogP contribution >= 0.6 is 11.6 Å². The van der Waals surface area contributed by atoms with Crippen molar-refractivity contribution < 1.29 is 9.64 Å². The average molecular weight is 283 g/mol. The molecule has 1 aliphatic rings. The predicted molar refractivity (Wildman–Crippen MR) is 80.5 cm³/mol. The van der Waals surface area contributed by atoms with Crippen molar-refractivity contribution in [1.29, 1.82) is 0 Å². The highest BCUT2D eigenvalue weighted by atomic mass is 35.5. The highest BCUT2D eigenvalue weighted by Crippen LogP contribution is 2.25. The number of hydrogen-bond donors (Lipinski definition) is 1. The van der Waals surface area contributed by atoms with Crippen molar-refractivity contribution in [2.75, 3.05) is 26.2 Å². The van der Waals surface area contributed by atoms with E-state index in [4.69, 9.17) is 16.3 Å². The van der Waals surface area contributed by atoms with Crippen LogP contribution in [0.5, 0.6) is 5.75 Å². The molecule has 1 N–H and O–H groups in total. The normalized spacial score (nSPS) is 17.2. The van der Waals surface area contributed by atoms with Gasteiger partial charge in [0.15, 0.2) is 0 Å². The van der Waals surface area contributed by atoms with E-state index in [1.165, 1.54) is 38.8 Å². The van der Waals surface area contributed by atoms with E-state index in [0.717, 1.165) is 35.1 Å². The predicted octanol–water partition coefficient (Wildman–Crippen LogP) is 2.79. The zero-order valence-corrected chi connectivity index (χ0v) is 12.9. The molecule has 1 aromatic carbocycles. The standard InChI is InChI=1S/C16H24ClNO/c1-13-11-15(12-14(2)16(13)17)19-10-9-18-7-5-3-4-6-8-18/h11-12H,3-10H2,1-2H3/p+1. The number of aryl methyl sites for hydroxylation is 2. The Hall–Kier alpha value is -0.730. The Morgan fingerprint density at radius 3 is 2.21 bits per heavy atom. The Balaban J connectivity index is 1.82. The van der Waals surface area contributed by atoms with E-state index in [1.54, 1.807) is 4.90 Å². The number of hydrogen-bond acceptors (Lipinski definition) is 1. The van der Waals surface area contributed by atoms with E-state index >= 15 is 0 Å². The fourth-order valence-corrected chi connectivity index (χ4v) is 2.89. The first kappa shape index (κ1) is 14.7. The molecule has 0 amide bonds. The molecule has 0 unspecified atom stereocenters. The first-order chi connectivity index (χ1) is 9.16. The lowest BCUT2D eigenvalue weighted by Gasteiger charge is -2.17. The second kappa shape index (κ2) is 7.16. The van der Waals surface area contributed by atoms with Crippen LogP contribution < -0.4 is 9.64 Å². The number of likely N-dealkylation sites (tertiary alicyclic amines) is 1. The molecule has 3 heteroatoms. The van der Waals surface area contributed by atoms with E-state index in [1.807, 2.05) is 26.0 Å². The molecule has 1 heterocycles. The van der Waals surface area contributed by atoms with Crippen molar-refractivity contribution in [2.45, 2.75) is 39.5 Å². The molecule has 1 saturated heterocycles. The van der Waals surface area contributed by atoms with Crippen LogP contribution in [0.1, 0.15) is 36.8 Å². The summed E-state index contributed by atoms with van der Waals surface area (Å²) in [6.07, 6.45) is 5.54. The molecule has 0 bridgehead atoms. The third-order valence-corrected chi connectivity index (χ3v) is 4.54. The summed E-state index contributed by atoms with van der Waals surface area (Å²) in [6.45, 7) is 8.59. The zero-order valence-electron chi connectivity index (χ0n) is 12.1. The lowest BCUT2D eigenvalue weighted by molar-refractivity contribution is -0.899. The first-order valence-electron chi connectivity index (χ1n) is 7.40. The van der Waals surface area contributed by atoms with Crippen LogP contribution in [0.2, 0.25) is 5.02 Å². The maximum absolute atomic E-state index is 6.16. The lowest BCUT2D eigenvalue weighted by Crippen LogP contribution is -3.12. The summed E-state index contributed by atoms with van der Waals surface area (Å²) in [6, 6.07) is 4.07. The van der Waals surface area contributed by atoms with Crippen LogP contribution in [0.15, 0.2) is 12.1 Å².